The first-order valence-electron chi connectivity index (χ1n) is 10.4. The number of imidazole rings is 1. The van der Waals surface area contributed by atoms with Gasteiger partial charge in [-0.2, -0.15) is 0 Å². The standard InChI is InChI=1S/C23H25ClN4O3/c1-31-14-19(22-25-17-11-10-15(24)13-18(17)26-22)27-23(30)16-7-4-5-8-20(16)28-12-6-2-3-9-21(28)29/h4-5,7-8,10-11,13,19H,2-3,6,9,12,14H2,1H3,(H,25,26)(H,27,30)/t19-/m0/s1. The number of carbonyl (C=O) groups excluding carboxylic acids is 2. The van der Waals surface area contributed by atoms with Gasteiger partial charge in [-0.1, -0.05) is 30.2 Å². The second-order valence-electron chi connectivity index (χ2n) is 7.64. The van der Waals surface area contributed by atoms with Crippen molar-refractivity contribution in [1.82, 2.24) is 15.3 Å². The second-order valence-corrected chi connectivity index (χ2v) is 8.07. The maximum atomic E-state index is 13.3. The van der Waals surface area contributed by atoms with E-state index in [0.717, 1.165) is 30.3 Å². The van der Waals surface area contributed by atoms with Gasteiger partial charge in [-0.3, -0.25) is 9.59 Å². The van der Waals surface area contributed by atoms with Crippen LogP contribution in [0, 0.1) is 0 Å². The third kappa shape index (κ3) is 4.73. The van der Waals surface area contributed by atoms with Crippen LogP contribution in [0.2, 0.25) is 5.02 Å². The number of halogens is 1. The van der Waals surface area contributed by atoms with Crippen LogP contribution in [-0.4, -0.2) is 42.0 Å². The molecule has 0 bridgehead atoms. The molecule has 7 nitrogen and oxygen atoms in total. The number of amides is 2. The number of fused-ring (bicyclic) bond motifs is 1. The molecule has 1 aliphatic rings. The number of H-pyrrole nitrogens is 1. The van der Waals surface area contributed by atoms with Gasteiger partial charge in [0.15, 0.2) is 0 Å². The van der Waals surface area contributed by atoms with E-state index in [4.69, 9.17) is 16.3 Å². The van der Waals surface area contributed by atoms with Crippen LogP contribution in [0.25, 0.3) is 11.0 Å². The van der Waals surface area contributed by atoms with E-state index >= 15 is 0 Å². The Morgan fingerprint density at radius 1 is 1.26 bits per heavy atom. The number of aromatic amines is 1. The maximum absolute atomic E-state index is 13.3. The van der Waals surface area contributed by atoms with E-state index in [1.54, 1.807) is 36.3 Å². The number of anilines is 1. The fraction of sp³-hybridized carbons (Fsp3) is 0.348. The molecule has 1 fully saturated rings. The summed E-state index contributed by atoms with van der Waals surface area (Å²) in [6, 6.07) is 12.1. The van der Waals surface area contributed by atoms with Crippen LogP contribution < -0.4 is 10.2 Å². The lowest BCUT2D eigenvalue weighted by Crippen LogP contribution is -2.35. The number of methoxy groups -OCH3 is 1. The number of para-hydroxylation sites is 1. The molecule has 2 amide bonds. The topological polar surface area (TPSA) is 87.3 Å². The van der Waals surface area contributed by atoms with Crippen molar-refractivity contribution in [2.75, 3.05) is 25.2 Å². The Hall–Kier alpha value is -2.90. The normalized spacial score (nSPS) is 15.7. The number of hydrogen-bond acceptors (Lipinski definition) is 4. The van der Waals surface area contributed by atoms with E-state index in [0.29, 0.717) is 35.1 Å². The minimum Gasteiger partial charge on any atom is -0.382 e. The molecule has 4 rings (SSSR count). The number of hydrogen-bond donors (Lipinski definition) is 2. The summed E-state index contributed by atoms with van der Waals surface area (Å²) in [6.07, 6.45) is 3.33. The molecule has 2 heterocycles. The van der Waals surface area contributed by atoms with Crippen LogP contribution in [-0.2, 0) is 9.53 Å². The summed E-state index contributed by atoms with van der Waals surface area (Å²) in [4.78, 5) is 35.4. The number of carbonyl (C=O) groups is 2. The molecule has 1 saturated heterocycles. The monoisotopic (exact) mass is 440 g/mol. The van der Waals surface area contributed by atoms with E-state index < -0.39 is 6.04 Å². The van der Waals surface area contributed by atoms with Gasteiger partial charge in [0.25, 0.3) is 5.91 Å². The molecule has 0 unspecified atom stereocenters. The van der Waals surface area contributed by atoms with Crippen molar-refractivity contribution in [3.8, 4) is 0 Å². The van der Waals surface area contributed by atoms with E-state index in [9.17, 15) is 9.59 Å². The second kappa shape index (κ2) is 9.49. The van der Waals surface area contributed by atoms with Gasteiger partial charge in [-0.15, -0.1) is 0 Å². The summed E-state index contributed by atoms with van der Waals surface area (Å²) in [5.41, 5.74) is 2.64. The van der Waals surface area contributed by atoms with E-state index in [1.807, 2.05) is 18.2 Å². The molecule has 1 aromatic heterocycles. The predicted molar refractivity (Wildman–Crippen MR) is 120 cm³/mol. The predicted octanol–water partition coefficient (Wildman–Crippen LogP) is 4.24. The van der Waals surface area contributed by atoms with Crippen LogP contribution >= 0.6 is 11.6 Å². The summed E-state index contributed by atoms with van der Waals surface area (Å²) in [5.74, 6) is 0.351. The minimum atomic E-state index is -0.489. The summed E-state index contributed by atoms with van der Waals surface area (Å²) < 4.78 is 5.33. The third-order valence-corrected chi connectivity index (χ3v) is 5.68. The lowest BCUT2D eigenvalue weighted by atomic mass is 10.1. The van der Waals surface area contributed by atoms with Crippen molar-refractivity contribution < 1.29 is 14.3 Å². The van der Waals surface area contributed by atoms with Crippen molar-refractivity contribution in [3.05, 3.63) is 58.9 Å². The number of rotatable bonds is 6. The van der Waals surface area contributed by atoms with Crippen molar-refractivity contribution in [2.45, 2.75) is 31.7 Å². The van der Waals surface area contributed by atoms with E-state index in [2.05, 4.69) is 15.3 Å². The Balaban J connectivity index is 1.61. The molecular weight excluding hydrogens is 416 g/mol. The van der Waals surface area contributed by atoms with Gasteiger partial charge >= 0.3 is 0 Å². The van der Waals surface area contributed by atoms with Crippen molar-refractivity contribution in [1.29, 1.82) is 0 Å². The third-order valence-electron chi connectivity index (χ3n) is 5.44. The molecule has 0 saturated carbocycles. The first-order chi connectivity index (χ1) is 15.1. The number of aromatic nitrogens is 2. The Labute approximate surface area is 185 Å². The lowest BCUT2D eigenvalue weighted by molar-refractivity contribution is -0.118. The first kappa shape index (κ1) is 21.3. The molecule has 1 aliphatic heterocycles. The largest absolute Gasteiger partial charge is 0.382 e. The molecular formula is C23H25ClN4O3. The molecule has 0 spiro atoms. The van der Waals surface area contributed by atoms with Gasteiger partial charge in [-0.05, 0) is 43.2 Å². The first-order valence-corrected chi connectivity index (χ1v) is 10.8. The highest BCUT2D eigenvalue weighted by Gasteiger charge is 2.25. The highest BCUT2D eigenvalue weighted by molar-refractivity contribution is 6.31. The molecule has 3 aromatic rings. The fourth-order valence-corrected chi connectivity index (χ4v) is 4.07. The average Bonchev–Trinajstić information content (AvgIpc) is 3.06. The van der Waals surface area contributed by atoms with Gasteiger partial charge in [0.1, 0.15) is 11.9 Å². The quantitative estimate of drug-likeness (QED) is 0.600. The summed E-state index contributed by atoms with van der Waals surface area (Å²) >= 11 is 6.07. The van der Waals surface area contributed by atoms with Gasteiger partial charge in [-0.25, -0.2) is 4.98 Å². The van der Waals surface area contributed by atoms with Crippen LogP contribution in [0.4, 0.5) is 5.69 Å². The smallest absolute Gasteiger partial charge is 0.254 e. The van der Waals surface area contributed by atoms with Gasteiger partial charge in [0, 0.05) is 25.1 Å². The highest BCUT2D eigenvalue weighted by atomic mass is 35.5. The Morgan fingerprint density at radius 2 is 2.10 bits per heavy atom. The van der Waals surface area contributed by atoms with Crippen molar-refractivity contribution in [2.24, 2.45) is 0 Å². The van der Waals surface area contributed by atoms with Gasteiger partial charge in [0.2, 0.25) is 5.91 Å². The summed E-state index contributed by atoms with van der Waals surface area (Å²) in [7, 11) is 1.57. The van der Waals surface area contributed by atoms with Crippen LogP contribution in [0.5, 0.6) is 0 Å². The van der Waals surface area contributed by atoms with Gasteiger partial charge in [0.05, 0.1) is 28.9 Å². The maximum Gasteiger partial charge on any atom is 0.254 e. The molecule has 31 heavy (non-hydrogen) atoms. The number of nitrogens with one attached hydrogen (secondary N) is 2. The van der Waals surface area contributed by atoms with Crippen molar-refractivity contribution >= 4 is 40.1 Å². The molecule has 1 atom stereocenters. The zero-order valence-electron chi connectivity index (χ0n) is 17.4. The molecule has 162 valence electrons. The summed E-state index contributed by atoms with van der Waals surface area (Å²) in [5, 5.41) is 3.61. The average molecular weight is 441 g/mol. The number of nitrogens with zero attached hydrogens (tertiary/aromatic N) is 2. The Bertz CT molecular complexity index is 1100. The van der Waals surface area contributed by atoms with Gasteiger partial charge < -0.3 is 19.9 Å². The lowest BCUT2D eigenvalue weighted by Gasteiger charge is -2.24. The molecule has 0 radical (unpaired) electrons. The zero-order valence-corrected chi connectivity index (χ0v) is 18.1. The molecule has 2 N–H and O–H groups in total. The SMILES string of the molecule is COC[C@H](NC(=O)c1ccccc1N1CCCCCC1=O)c1nc2ccc(Cl)cc2[nH]1. The molecule has 2 aromatic carbocycles. The van der Waals surface area contributed by atoms with E-state index in [1.165, 1.54) is 0 Å². The van der Waals surface area contributed by atoms with Crippen LogP contribution in [0.1, 0.15) is 47.9 Å². The number of ether oxygens (including phenoxy) is 1. The molecule has 8 heteroatoms. The minimum absolute atomic E-state index is 0.0559. The highest BCUT2D eigenvalue weighted by Crippen LogP contribution is 2.26. The van der Waals surface area contributed by atoms with Crippen molar-refractivity contribution in [3.63, 3.8) is 0 Å². The van der Waals surface area contributed by atoms with E-state index in [-0.39, 0.29) is 18.4 Å². The fourth-order valence-electron chi connectivity index (χ4n) is 3.90. The van der Waals surface area contributed by atoms with Crippen LogP contribution in [0.15, 0.2) is 42.5 Å². The Kier molecular flexibility index (Phi) is 6.53. The molecule has 0 aliphatic carbocycles. The number of benzene rings is 2. The van der Waals surface area contributed by atoms with Crippen LogP contribution in [0.3, 0.4) is 0 Å². The summed E-state index contributed by atoms with van der Waals surface area (Å²) in [6.45, 7) is 0.860. The zero-order chi connectivity index (χ0) is 21.8. The Morgan fingerprint density at radius 3 is 2.94 bits per heavy atom.